The van der Waals surface area contributed by atoms with Crippen molar-refractivity contribution in [1.29, 1.82) is 0 Å². The van der Waals surface area contributed by atoms with Crippen molar-refractivity contribution in [3.63, 3.8) is 0 Å². The van der Waals surface area contributed by atoms with E-state index in [4.69, 9.17) is 0 Å². The Morgan fingerprint density at radius 2 is 1.86 bits per heavy atom. The maximum absolute atomic E-state index is 13.5. The van der Waals surface area contributed by atoms with Crippen LogP contribution in [-0.2, 0) is 15.6 Å². The molecule has 0 N–H and O–H groups in total. The first-order chi connectivity index (χ1) is 6.38. The second-order valence-electron chi connectivity index (χ2n) is 3.78. The van der Waals surface area contributed by atoms with Crippen LogP contribution in [0.4, 0.5) is 4.48 Å². The molecule has 0 aromatic heterocycles. The van der Waals surface area contributed by atoms with Crippen molar-refractivity contribution >= 4 is 10.0 Å². The van der Waals surface area contributed by atoms with Gasteiger partial charge in [-0.3, -0.25) is 0 Å². The minimum absolute atomic E-state index is 0.0625. The Balaban J connectivity index is 2.83. The summed E-state index contributed by atoms with van der Waals surface area (Å²) in [6.07, 6.45) is 0. The molecule has 0 amide bonds. The van der Waals surface area contributed by atoms with E-state index in [9.17, 15) is 12.9 Å². The van der Waals surface area contributed by atoms with Crippen LogP contribution in [0.1, 0.15) is 19.4 Å². The lowest BCUT2D eigenvalue weighted by Gasteiger charge is -2.21. The number of benzene rings is 1. The first-order valence-corrected chi connectivity index (χ1v) is 5.63. The summed E-state index contributed by atoms with van der Waals surface area (Å²) in [5, 5.41) is 0. The van der Waals surface area contributed by atoms with E-state index in [1.165, 1.54) is 19.9 Å². The third-order valence-corrected chi connectivity index (χ3v) is 4.26. The zero-order valence-electron chi connectivity index (χ0n) is 7.86. The van der Waals surface area contributed by atoms with Gasteiger partial charge in [0.2, 0.25) is 0 Å². The highest BCUT2D eigenvalue weighted by atomic mass is 32.2. The van der Waals surface area contributed by atoms with Crippen molar-refractivity contribution in [3.8, 4) is 0 Å². The summed E-state index contributed by atoms with van der Waals surface area (Å²) >= 11 is 0. The van der Waals surface area contributed by atoms with Crippen LogP contribution in [0.3, 0.4) is 0 Å². The van der Waals surface area contributed by atoms with Gasteiger partial charge in [0.25, 0.3) is 10.0 Å². The predicted molar refractivity (Wildman–Crippen MR) is 49.6 cm³/mol. The van der Waals surface area contributed by atoms with E-state index in [0.29, 0.717) is 5.56 Å². The van der Waals surface area contributed by atoms with E-state index >= 15 is 0 Å². The lowest BCUT2D eigenvalue weighted by atomic mass is 9.96. The van der Waals surface area contributed by atoms with Gasteiger partial charge in [-0.2, -0.15) is 0 Å². The molecule has 1 aromatic carbocycles. The van der Waals surface area contributed by atoms with Gasteiger partial charge < -0.3 is 0 Å². The fourth-order valence-electron chi connectivity index (χ4n) is 1.68. The van der Waals surface area contributed by atoms with E-state index < -0.39 is 15.6 Å². The minimum atomic E-state index is -3.93. The van der Waals surface area contributed by atoms with Crippen molar-refractivity contribution in [3.05, 3.63) is 29.8 Å². The topological polar surface area (TPSA) is 37.4 Å². The van der Waals surface area contributed by atoms with E-state index in [-0.39, 0.29) is 9.42 Å². The maximum atomic E-state index is 13.5. The Kier molecular flexibility index (Phi) is 1.75. The Hall–Kier alpha value is -0.940. The lowest BCUT2D eigenvalue weighted by Crippen LogP contribution is -2.32. The number of rotatable bonds is 0. The van der Waals surface area contributed by atoms with Gasteiger partial charge in [0.15, 0.2) is 0 Å². The molecule has 1 heterocycles. The van der Waals surface area contributed by atoms with Crippen molar-refractivity contribution in [1.82, 2.24) is 4.53 Å². The molecule has 1 aromatic rings. The van der Waals surface area contributed by atoms with Gasteiger partial charge in [-0.25, -0.2) is 8.42 Å². The maximum Gasteiger partial charge on any atom is 0.270 e. The number of halogens is 1. The second-order valence-corrected chi connectivity index (χ2v) is 5.49. The Labute approximate surface area is 82.1 Å². The summed E-state index contributed by atoms with van der Waals surface area (Å²) in [5.41, 5.74) is -0.599. The molecule has 0 spiro atoms. The number of sulfonamides is 1. The number of nitrogens with zero attached hydrogens (tertiary/aromatic N) is 1. The summed E-state index contributed by atoms with van der Waals surface area (Å²) in [5.74, 6) is 0. The molecule has 0 atom stereocenters. The first-order valence-electron chi connectivity index (χ1n) is 4.19. The molecule has 3 nitrogen and oxygen atoms in total. The highest BCUT2D eigenvalue weighted by Gasteiger charge is 2.49. The van der Waals surface area contributed by atoms with Gasteiger partial charge in [0.05, 0.1) is 10.4 Å². The van der Waals surface area contributed by atoms with Gasteiger partial charge in [-0.15, -0.1) is 4.48 Å². The molecule has 2 rings (SSSR count). The third kappa shape index (κ3) is 0.965. The molecule has 14 heavy (non-hydrogen) atoms. The summed E-state index contributed by atoms with van der Waals surface area (Å²) < 4.78 is 36.5. The average molecular weight is 215 g/mol. The molecule has 0 saturated carbocycles. The molecular weight excluding hydrogens is 205 g/mol. The molecule has 5 heteroatoms. The fraction of sp³-hybridized carbons (Fsp3) is 0.333. The fourth-order valence-corrected chi connectivity index (χ4v) is 3.40. The third-order valence-electron chi connectivity index (χ3n) is 2.47. The van der Waals surface area contributed by atoms with Crippen LogP contribution in [0.2, 0.25) is 0 Å². The van der Waals surface area contributed by atoms with Crippen molar-refractivity contribution < 1.29 is 12.9 Å². The van der Waals surface area contributed by atoms with Crippen molar-refractivity contribution in [2.75, 3.05) is 0 Å². The van der Waals surface area contributed by atoms with Crippen LogP contribution < -0.4 is 0 Å². The minimum Gasteiger partial charge on any atom is -0.204 e. The second kappa shape index (κ2) is 2.55. The zero-order valence-corrected chi connectivity index (χ0v) is 8.68. The smallest absolute Gasteiger partial charge is 0.204 e. The molecule has 0 bridgehead atoms. The van der Waals surface area contributed by atoms with Gasteiger partial charge >= 0.3 is 0 Å². The summed E-state index contributed by atoms with van der Waals surface area (Å²) in [6, 6.07) is 6.35. The SMILES string of the molecule is CC1(C)c2ccccc2S(=O)(=O)N1F. The quantitative estimate of drug-likeness (QED) is 0.619. The predicted octanol–water partition coefficient (Wildman–Crippen LogP) is 1.81. The van der Waals surface area contributed by atoms with Gasteiger partial charge in [-0.1, -0.05) is 18.2 Å². The van der Waals surface area contributed by atoms with E-state index in [2.05, 4.69) is 0 Å². The summed E-state index contributed by atoms with van der Waals surface area (Å²) in [4.78, 5) is 0.0625. The molecule has 76 valence electrons. The Morgan fingerprint density at radius 3 is 2.43 bits per heavy atom. The summed E-state index contributed by atoms with van der Waals surface area (Å²) in [7, 11) is -3.93. The van der Waals surface area contributed by atoms with Gasteiger partial charge in [0, 0.05) is 0 Å². The molecule has 1 aliphatic heterocycles. The molecule has 1 aliphatic rings. The van der Waals surface area contributed by atoms with E-state index in [0.717, 1.165) is 0 Å². The standard InChI is InChI=1S/C9H10FNO2S/c1-9(2)7-5-3-4-6-8(7)14(12,13)11(9)10/h3-6H,1-2H3. The van der Waals surface area contributed by atoms with Gasteiger partial charge in [0.1, 0.15) is 0 Å². The monoisotopic (exact) mass is 215 g/mol. The van der Waals surface area contributed by atoms with Crippen LogP contribution in [0.15, 0.2) is 29.2 Å². The molecule has 0 saturated heterocycles. The normalized spacial score (nSPS) is 23.4. The van der Waals surface area contributed by atoms with Crippen molar-refractivity contribution in [2.45, 2.75) is 24.3 Å². The van der Waals surface area contributed by atoms with Crippen LogP contribution >= 0.6 is 0 Å². The number of hydrogen-bond acceptors (Lipinski definition) is 2. The molecular formula is C9H10FNO2S. The molecule has 0 aliphatic carbocycles. The molecule has 0 radical (unpaired) electrons. The number of fused-ring (bicyclic) bond motifs is 1. The van der Waals surface area contributed by atoms with Crippen molar-refractivity contribution in [2.24, 2.45) is 0 Å². The van der Waals surface area contributed by atoms with Crippen LogP contribution in [0.5, 0.6) is 0 Å². The first kappa shape index (κ1) is 9.61. The highest BCUT2D eigenvalue weighted by molar-refractivity contribution is 7.89. The lowest BCUT2D eigenvalue weighted by molar-refractivity contribution is 0.0368. The zero-order chi connectivity index (χ0) is 10.6. The van der Waals surface area contributed by atoms with E-state index in [1.807, 2.05) is 0 Å². The Morgan fingerprint density at radius 1 is 1.29 bits per heavy atom. The number of hydrogen-bond donors (Lipinski definition) is 0. The average Bonchev–Trinajstić information content (AvgIpc) is 2.28. The van der Waals surface area contributed by atoms with Crippen LogP contribution in [0.25, 0.3) is 0 Å². The van der Waals surface area contributed by atoms with E-state index in [1.54, 1.807) is 18.2 Å². The summed E-state index contributed by atoms with van der Waals surface area (Å²) in [6.45, 7) is 3.08. The van der Waals surface area contributed by atoms with Crippen LogP contribution in [0, 0.1) is 0 Å². The van der Waals surface area contributed by atoms with Gasteiger partial charge in [-0.05, 0) is 30.0 Å². The largest absolute Gasteiger partial charge is 0.270 e. The van der Waals surface area contributed by atoms with Crippen LogP contribution in [-0.4, -0.2) is 12.9 Å². The Bertz CT molecular complexity index is 481. The molecule has 0 fully saturated rings. The highest BCUT2D eigenvalue weighted by Crippen LogP contribution is 2.43. The molecule has 0 unspecified atom stereocenters.